The van der Waals surface area contributed by atoms with Crippen molar-refractivity contribution in [1.29, 1.82) is 0 Å². The van der Waals surface area contributed by atoms with E-state index >= 15 is 0 Å². The van der Waals surface area contributed by atoms with Crippen LogP contribution in [-0.2, 0) is 11.3 Å². The van der Waals surface area contributed by atoms with E-state index in [0.717, 1.165) is 63.9 Å². The topological polar surface area (TPSA) is 72.9 Å². The number of aromatic nitrogens is 1. The molecule has 29 heavy (non-hydrogen) atoms. The predicted octanol–water partition coefficient (Wildman–Crippen LogP) is 2.37. The molecule has 2 N–H and O–H groups in total. The zero-order valence-electron chi connectivity index (χ0n) is 17.3. The lowest BCUT2D eigenvalue weighted by molar-refractivity contribution is -0.119. The van der Waals surface area contributed by atoms with Crippen LogP contribution in [-0.4, -0.2) is 61.5 Å². The van der Waals surface area contributed by atoms with Gasteiger partial charge in [0.1, 0.15) is 5.82 Å². The van der Waals surface area contributed by atoms with Gasteiger partial charge in [-0.05, 0) is 49.8 Å². The maximum absolute atomic E-state index is 11.8. The molecular weight excluding hydrogens is 479 g/mol. The molecule has 1 spiro atoms. The van der Waals surface area contributed by atoms with Gasteiger partial charge < -0.3 is 20.4 Å². The molecule has 8 heteroatoms. The van der Waals surface area contributed by atoms with Crippen LogP contribution < -0.4 is 15.5 Å². The first kappa shape index (κ1) is 22.1. The third kappa shape index (κ3) is 5.32. The number of aliphatic imine (C=N–C) groups is 1. The third-order valence-electron chi connectivity index (χ3n) is 6.31. The Bertz CT molecular complexity index is 736. The van der Waals surface area contributed by atoms with Gasteiger partial charge in [0.15, 0.2) is 5.96 Å². The summed E-state index contributed by atoms with van der Waals surface area (Å²) >= 11 is 0. The highest BCUT2D eigenvalue weighted by atomic mass is 127. The smallest absolute Gasteiger partial charge is 0.220 e. The maximum Gasteiger partial charge on any atom is 0.220 e. The highest BCUT2D eigenvalue weighted by Crippen LogP contribution is 2.36. The van der Waals surface area contributed by atoms with E-state index in [0.29, 0.717) is 6.42 Å². The molecule has 3 aliphatic heterocycles. The fraction of sp³-hybridized carbons (Fsp3) is 0.667. The van der Waals surface area contributed by atoms with E-state index in [1.54, 1.807) is 0 Å². The third-order valence-corrected chi connectivity index (χ3v) is 6.31. The zero-order valence-corrected chi connectivity index (χ0v) is 19.7. The Labute approximate surface area is 190 Å². The molecule has 1 aromatic heterocycles. The first-order valence-corrected chi connectivity index (χ1v) is 10.6. The minimum atomic E-state index is 0. The Hall–Kier alpha value is -1.58. The van der Waals surface area contributed by atoms with Gasteiger partial charge in [-0.25, -0.2) is 4.98 Å². The molecule has 160 valence electrons. The van der Waals surface area contributed by atoms with Crippen molar-refractivity contribution in [2.75, 3.05) is 44.7 Å². The molecule has 0 aromatic carbocycles. The molecule has 0 aliphatic carbocycles. The first-order valence-electron chi connectivity index (χ1n) is 10.6. The fourth-order valence-electron chi connectivity index (χ4n) is 4.81. The number of hydrogen-bond donors (Lipinski definition) is 2. The largest absolute Gasteiger partial charge is 0.357 e. The number of hydrogen-bond acceptors (Lipinski definition) is 4. The van der Waals surface area contributed by atoms with Crippen molar-refractivity contribution >= 4 is 41.7 Å². The molecule has 1 aromatic rings. The van der Waals surface area contributed by atoms with Crippen LogP contribution in [0.4, 0.5) is 5.82 Å². The van der Waals surface area contributed by atoms with Crippen LogP contribution in [0.2, 0.25) is 0 Å². The minimum Gasteiger partial charge on any atom is -0.357 e. The lowest BCUT2D eigenvalue weighted by Gasteiger charge is -2.40. The lowest BCUT2D eigenvalue weighted by atomic mass is 9.79. The number of halogens is 1. The number of pyridine rings is 1. The summed E-state index contributed by atoms with van der Waals surface area (Å²) in [6.45, 7) is 5.62. The number of piperidine rings is 2. The summed E-state index contributed by atoms with van der Waals surface area (Å²) in [7, 11) is 1.84. The summed E-state index contributed by atoms with van der Waals surface area (Å²) in [6, 6.07) is 4.27. The van der Waals surface area contributed by atoms with Crippen LogP contribution in [0.25, 0.3) is 0 Å². The van der Waals surface area contributed by atoms with Gasteiger partial charge in [0.05, 0.1) is 0 Å². The van der Waals surface area contributed by atoms with E-state index in [1.807, 2.05) is 13.2 Å². The van der Waals surface area contributed by atoms with E-state index in [-0.39, 0.29) is 35.3 Å². The highest BCUT2D eigenvalue weighted by molar-refractivity contribution is 14.0. The number of guanidine groups is 1. The molecule has 0 bridgehead atoms. The SMILES string of the molecule is CN=C(NCc1ccnc(N2CCCCC2)c1)N1CCCC2(CNC(=O)C2)C1.I. The van der Waals surface area contributed by atoms with Gasteiger partial charge >= 0.3 is 0 Å². The van der Waals surface area contributed by atoms with Gasteiger partial charge in [0.25, 0.3) is 0 Å². The van der Waals surface area contributed by atoms with Crippen molar-refractivity contribution in [3.63, 3.8) is 0 Å². The number of carbonyl (C=O) groups is 1. The molecule has 1 amide bonds. The van der Waals surface area contributed by atoms with Gasteiger partial charge in [-0.2, -0.15) is 0 Å². The second-order valence-electron chi connectivity index (χ2n) is 8.45. The Morgan fingerprint density at radius 3 is 2.83 bits per heavy atom. The Morgan fingerprint density at radius 2 is 2.10 bits per heavy atom. The van der Waals surface area contributed by atoms with Gasteiger partial charge in [-0.3, -0.25) is 9.79 Å². The van der Waals surface area contributed by atoms with Gasteiger partial charge in [-0.15, -0.1) is 24.0 Å². The second-order valence-corrected chi connectivity index (χ2v) is 8.45. The summed E-state index contributed by atoms with van der Waals surface area (Å²) in [6.07, 6.45) is 8.61. The van der Waals surface area contributed by atoms with Crippen molar-refractivity contribution in [1.82, 2.24) is 20.5 Å². The van der Waals surface area contributed by atoms with Crippen molar-refractivity contribution in [3.05, 3.63) is 23.9 Å². The van der Waals surface area contributed by atoms with Crippen LogP contribution in [0.3, 0.4) is 0 Å². The Balaban J connectivity index is 0.00000240. The molecule has 3 fully saturated rings. The number of nitrogens with zero attached hydrogens (tertiary/aromatic N) is 4. The molecular formula is C21H33IN6O. The van der Waals surface area contributed by atoms with Gasteiger partial charge in [-0.1, -0.05) is 0 Å². The second kappa shape index (κ2) is 9.95. The summed E-state index contributed by atoms with van der Waals surface area (Å²) < 4.78 is 0. The maximum atomic E-state index is 11.8. The predicted molar refractivity (Wildman–Crippen MR) is 127 cm³/mol. The molecule has 0 radical (unpaired) electrons. The molecule has 4 heterocycles. The van der Waals surface area contributed by atoms with Crippen LogP contribution in [0.15, 0.2) is 23.3 Å². The Morgan fingerprint density at radius 1 is 1.28 bits per heavy atom. The summed E-state index contributed by atoms with van der Waals surface area (Å²) in [5.41, 5.74) is 1.30. The fourth-order valence-corrected chi connectivity index (χ4v) is 4.81. The monoisotopic (exact) mass is 512 g/mol. The Kier molecular flexibility index (Phi) is 7.59. The number of carbonyl (C=O) groups excluding carboxylic acids is 1. The highest BCUT2D eigenvalue weighted by Gasteiger charge is 2.42. The number of rotatable bonds is 3. The molecule has 3 saturated heterocycles. The van der Waals surface area contributed by atoms with E-state index in [2.05, 4.69) is 42.5 Å². The van der Waals surface area contributed by atoms with E-state index in [1.165, 1.54) is 24.8 Å². The number of amides is 1. The summed E-state index contributed by atoms with van der Waals surface area (Å²) in [5, 5.41) is 6.54. The molecule has 3 aliphatic rings. The minimum absolute atomic E-state index is 0. The molecule has 0 saturated carbocycles. The molecule has 4 rings (SSSR count). The van der Waals surface area contributed by atoms with Gasteiger partial charge in [0.2, 0.25) is 5.91 Å². The number of likely N-dealkylation sites (tertiary alicyclic amines) is 1. The zero-order chi connectivity index (χ0) is 19.4. The average Bonchev–Trinajstić information content (AvgIpc) is 3.09. The van der Waals surface area contributed by atoms with E-state index in [9.17, 15) is 4.79 Å². The molecule has 7 nitrogen and oxygen atoms in total. The quantitative estimate of drug-likeness (QED) is 0.370. The first-order chi connectivity index (χ1) is 13.7. The molecule has 1 atom stereocenters. The van der Waals surface area contributed by atoms with E-state index in [4.69, 9.17) is 0 Å². The number of nitrogens with one attached hydrogen (secondary N) is 2. The standard InChI is InChI=1S/C21H32N6O.HI/c1-22-20(27-11-5-7-21(16-27)13-19(28)25-15-21)24-14-17-6-8-23-18(12-17)26-9-3-2-4-10-26;/h6,8,12H,2-5,7,9-11,13-16H2,1H3,(H,22,24)(H,25,28);1H. The van der Waals surface area contributed by atoms with Gasteiger partial charge in [0, 0.05) is 64.3 Å². The van der Waals surface area contributed by atoms with Crippen LogP contribution in [0.1, 0.15) is 44.1 Å². The van der Waals surface area contributed by atoms with Crippen LogP contribution >= 0.6 is 24.0 Å². The van der Waals surface area contributed by atoms with E-state index < -0.39 is 0 Å². The summed E-state index contributed by atoms with van der Waals surface area (Å²) in [5.74, 6) is 2.20. The van der Waals surface area contributed by atoms with Crippen molar-refractivity contribution in [2.45, 2.75) is 45.1 Å². The normalized spacial score (nSPS) is 25.0. The lowest BCUT2D eigenvalue weighted by Crippen LogP contribution is -2.51. The number of anilines is 1. The average molecular weight is 512 g/mol. The van der Waals surface area contributed by atoms with Crippen molar-refractivity contribution in [3.8, 4) is 0 Å². The molecule has 1 unspecified atom stereocenters. The van der Waals surface area contributed by atoms with Crippen LogP contribution in [0.5, 0.6) is 0 Å². The van der Waals surface area contributed by atoms with Crippen LogP contribution in [0, 0.1) is 5.41 Å². The van der Waals surface area contributed by atoms with Crippen molar-refractivity contribution < 1.29 is 4.79 Å². The summed E-state index contributed by atoms with van der Waals surface area (Å²) in [4.78, 5) is 25.5. The van der Waals surface area contributed by atoms with Crippen molar-refractivity contribution in [2.24, 2.45) is 10.4 Å².